The molecule has 2 heterocycles. The van der Waals surface area contributed by atoms with Gasteiger partial charge in [0.1, 0.15) is 0 Å². The second-order valence-corrected chi connectivity index (χ2v) is 4.04. The fraction of sp³-hybridized carbons (Fsp3) is 0.636. The monoisotopic (exact) mass is 206 g/mol. The predicted octanol–water partition coefficient (Wildman–Crippen LogP) is 1.74. The van der Waals surface area contributed by atoms with Crippen LogP contribution in [0.5, 0.6) is 0 Å². The highest BCUT2D eigenvalue weighted by molar-refractivity contribution is 5.80. The Bertz CT molecular complexity index is 304. The maximum absolute atomic E-state index is 7.69. The Balaban J connectivity index is 1.61. The zero-order chi connectivity index (χ0) is 10.5. The van der Waals surface area contributed by atoms with Gasteiger partial charge in [0.05, 0.1) is 12.2 Å². The number of unbranched alkanes of at least 4 members (excludes halogenated alkanes) is 1. The average Bonchev–Trinajstić information content (AvgIpc) is 2.85. The summed E-state index contributed by atoms with van der Waals surface area (Å²) in [6.45, 7) is 3.18. The van der Waals surface area contributed by atoms with Crippen molar-refractivity contribution in [3.05, 3.63) is 18.7 Å². The van der Waals surface area contributed by atoms with Gasteiger partial charge in [0.15, 0.2) is 0 Å². The highest BCUT2D eigenvalue weighted by Gasteiger charge is 2.15. The van der Waals surface area contributed by atoms with Crippen LogP contribution in [-0.2, 0) is 6.54 Å². The van der Waals surface area contributed by atoms with E-state index in [1.165, 1.54) is 19.3 Å². The third-order valence-corrected chi connectivity index (χ3v) is 2.88. The van der Waals surface area contributed by atoms with Crippen molar-refractivity contribution in [2.24, 2.45) is 0 Å². The fourth-order valence-electron chi connectivity index (χ4n) is 1.99. The van der Waals surface area contributed by atoms with Crippen molar-refractivity contribution in [3.8, 4) is 0 Å². The van der Waals surface area contributed by atoms with Crippen LogP contribution >= 0.6 is 0 Å². The molecule has 1 aromatic heterocycles. The van der Waals surface area contributed by atoms with Gasteiger partial charge in [0, 0.05) is 38.4 Å². The standard InChI is InChI=1S/C11H18N4/c12-11-4-3-8-15(11)7-2-1-6-14-9-5-13-10-14/h5,9-10,12H,1-4,6-8H2. The Morgan fingerprint density at radius 3 is 2.87 bits per heavy atom. The molecule has 1 fully saturated rings. The van der Waals surface area contributed by atoms with Crippen LogP contribution in [0.3, 0.4) is 0 Å². The second kappa shape index (κ2) is 4.96. The quantitative estimate of drug-likeness (QED) is 0.746. The molecule has 82 valence electrons. The summed E-state index contributed by atoms with van der Waals surface area (Å²) >= 11 is 0. The topological polar surface area (TPSA) is 44.9 Å². The molecule has 1 aliphatic heterocycles. The van der Waals surface area contributed by atoms with E-state index in [4.69, 9.17) is 5.41 Å². The van der Waals surface area contributed by atoms with E-state index in [-0.39, 0.29) is 0 Å². The summed E-state index contributed by atoms with van der Waals surface area (Å²) in [7, 11) is 0. The van der Waals surface area contributed by atoms with Crippen molar-refractivity contribution in [2.75, 3.05) is 13.1 Å². The lowest BCUT2D eigenvalue weighted by atomic mass is 10.3. The number of nitrogens with zero attached hydrogens (tertiary/aromatic N) is 3. The Morgan fingerprint density at radius 2 is 2.20 bits per heavy atom. The highest BCUT2D eigenvalue weighted by atomic mass is 15.2. The Labute approximate surface area is 90.4 Å². The van der Waals surface area contributed by atoms with E-state index in [2.05, 4.69) is 14.5 Å². The first-order valence-electron chi connectivity index (χ1n) is 5.64. The van der Waals surface area contributed by atoms with Gasteiger partial charge in [-0.05, 0) is 19.3 Å². The van der Waals surface area contributed by atoms with Crippen LogP contribution in [0, 0.1) is 5.41 Å². The largest absolute Gasteiger partial charge is 0.361 e. The molecular weight excluding hydrogens is 188 g/mol. The molecule has 1 aliphatic rings. The summed E-state index contributed by atoms with van der Waals surface area (Å²) in [6, 6.07) is 0. The van der Waals surface area contributed by atoms with Gasteiger partial charge in [0.2, 0.25) is 0 Å². The molecule has 1 N–H and O–H groups in total. The zero-order valence-corrected chi connectivity index (χ0v) is 9.02. The van der Waals surface area contributed by atoms with Gasteiger partial charge in [-0.2, -0.15) is 0 Å². The minimum absolute atomic E-state index is 0.831. The van der Waals surface area contributed by atoms with Crippen molar-refractivity contribution in [2.45, 2.75) is 32.2 Å². The first kappa shape index (κ1) is 10.2. The van der Waals surface area contributed by atoms with Crippen molar-refractivity contribution < 1.29 is 0 Å². The van der Waals surface area contributed by atoms with Crippen molar-refractivity contribution in [1.29, 1.82) is 5.41 Å². The molecule has 0 atom stereocenters. The second-order valence-electron chi connectivity index (χ2n) is 4.04. The van der Waals surface area contributed by atoms with E-state index in [1.807, 2.05) is 18.7 Å². The predicted molar refractivity (Wildman–Crippen MR) is 60.0 cm³/mol. The summed E-state index contributed by atoms with van der Waals surface area (Å²) < 4.78 is 2.11. The van der Waals surface area contributed by atoms with Crippen molar-refractivity contribution in [3.63, 3.8) is 0 Å². The summed E-state index contributed by atoms with van der Waals surface area (Å²) in [4.78, 5) is 6.21. The molecule has 4 heteroatoms. The van der Waals surface area contributed by atoms with Gasteiger partial charge < -0.3 is 9.47 Å². The minimum Gasteiger partial charge on any atom is -0.361 e. The molecule has 0 unspecified atom stereocenters. The SMILES string of the molecule is N=C1CCCN1CCCCn1ccnc1. The highest BCUT2D eigenvalue weighted by Crippen LogP contribution is 2.10. The minimum atomic E-state index is 0.831. The number of hydrogen-bond donors (Lipinski definition) is 1. The molecule has 1 aromatic rings. The number of rotatable bonds is 5. The lowest BCUT2D eigenvalue weighted by Crippen LogP contribution is -2.25. The molecule has 0 aliphatic carbocycles. The van der Waals surface area contributed by atoms with E-state index in [9.17, 15) is 0 Å². The van der Waals surface area contributed by atoms with E-state index in [0.29, 0.717) is 0 Å². The summed E-state index contributed by atoms with van der Waals surface area (Å²) in [5.74, 6) is 0.831. The van der Waals surface area contributed by atoms with Crippen molar-refractivity contribution >= 4 is 5.84 Å². The maximum atomic E-state index is 7.69. The van der Waals surface area contributed by atoms with Gasteiger partial charge in [-0.15, -0.1) is 0 Å². The van der Waals surface area contributed by atoms with E-state index < -0.39 is 0 Å². The smallest absolute Gasteiger partial charge is 0.0958 e. The molecular formula is C11H18N4. The van der Waals surface area contributed by atoms with Crippen molar-refractivity contribution in [1.82, 2.24) is 14.5 Å². The van der Waals surface area contributed by atoms with Gasteiger partial charge in [-0.25, -0.2) is 4.98 Å². The van der Waals surface area contributed by atoms with E-state index >= 15 is 0 Å². The first-order valence-corrected chi connectivity index (χ1v) is 5.64. The Hall–Kier alpha value is -1.32. The van der Waals surface area contributed by atoms with Crippen LogP contribution < -0.4 is 0 Å². The molecule has 2 rings (SSSR count). The van der Waals surface area contributed by atoms with Gasteiger partial charge in [0.25, 0.3) is 0 Å². The van der Waals surface area contributed by atoms with E-state index in [1.54, 1.807) is 0 Å². The number of imidazole rings is 1. The Morgan fingerprint density at radius 1 is 1.33 bits per heavy atom. The molecule has 0 bridgehead atoms. The molecule has 0 amide bonds. The normalized spacial score (nSPS) is 16.3. The maximum Gasteiger partial charge on any atom is 0.0958 e. The van der Waals surface area contributed by atoms with Gasteiger partial charge in [-0.1, -0.05) is 0 Å². The first-order chi connectivity index (χ1) is 7.36. The lowest BCUT2D eigenvalue weighted by molar-refractivity contribution is 0.424. The molecule has 1 saturated heterocycles. The van der Waals surface area contributed by atoms with Crippen LogP contribution in [0.1, 0.15) is 25.7 Å². The summed E-state index contributed by atoms with van der Waals surface area (Å²) in [5, 5.41) is 7.69. The molecule has 4 nitrogen and oxygen atoms in total. The van der Waals surface area contributed by atoms with Crippen LogP contribution in [0.15, 0.2) is 18.7 Å². The third kappa shape index (κ3) is 2.81. The number of aromatic nitrogens is 2. The van der Waals surface area contributed by atoms with E-state index in [0.717, 1.165) is 31.9 Å². The molecule has 0 aromatic carbocycles. The van der Waals surface area contributed by atoms with Crippen LogP contribution in [-0.4, -0.2) is 33.4 Å². The molecule has 0 spiro atoms. The number of hydrogen-bond acceptors (Lipinski definition) is 2. The summed E-state index contributed by atoms with van der Waals surface area (Å²) in [6.07, 6.45) is 10.1. The molecule has 0 saturated carbocycles. The zero-order valence-electron chi connectivity index (χ0n) is 9.02. The number of likely N-dealkylation sites (tertiary alicyclic amines) is 1. The van der Waals surface area contributed by atoms with Gasteiger partial charge >= 0.3 is 0 Å². The van der Waals surface area contributed by atoms with Crippen LogP contribution in [0.25, 0.3) is 0 Å². The molecule has 15 heavy (non-hydrogen) atoms. The third-order valence-electron chi connectivity index (χ3n) is 2.88. The Kier molecular flexibility index (Phi) is 3.37. The average molecular weight is 206 g/mol. The van der Waals surface area contributed by atoms with Crippen LogP contribution in [0.4, 0.5) is 0 Å². The van der Waals surface area contributed by atoms with Gasteiger partial charge in [-0.3, -0.25) is 5.41 Å². The fourth-order valence-corrected chi connectivity index (χ4v) is 1.99. The number of nitrogens with one attached hydrogen (secondary N) is 1. The number of amidine groups is 1. The van der Waals surface area contributed by atoms with Crippen LogP contribution in [0.2, 0.25) is 0 Å². The summed E-state index contributed by atoms with van der Waals surface area (Å²) in [5.41, 5.74) is 0. The molecule has 0 radical (unpaired) electrons. The number of aryl methyl sites for hydroxylation is 1. The lowest BCUT2D eigenvalue weighted by Gasteiger charge is -2.17.